The van der Waals surface area contributed by atoms with Crippen molar-refractivity contribution in [3.05, 3.63) is 24.3 Å². The number of carbonyl (C=O) groups excluding carboxylic acids is 1. The summed E-state index contributed by atoms with van der Waals surface area (Å²) >= 11 is 0. The second-order valence-electron chi connectivity index (χ2n) is 5.45. The summed E-state index contributed by atoms with van der Waals surface area (Å²) in [5.74, 6) is 0.384. The van der Waals surface area contributed by atoms with Gasteiger partial charge in [-0.25, -0.2) is 0 Å². The summed E-state index contributed by atoms with van der Waals surface area (Å²) in [5.41, 5.74) is 6.48. The fraction of sp³-hybridized carbons (Fsp3) is 0.500. The number of benzene rings is 1. The van der Waals surface area contributed by atoms with Crippen LogP contribution >= 0.6 is 24.8 Å². The van der Waals surface area contributed by atoms with Crippen molar-refractivity contribution in [1.29, 1.82) is 0 Å². The highest BCUT2D eigenvalue weighted by molar-refractivity contribution is 5.89. The summed E-state index contributed by atoms with van der Waals surface area (Å²) in [6, 6.07) is 7.17. The van der Waals surface area contributed by atoms with Gasteiger partial charge in [0.05, 0.1) is 5.54 Å². The molecular formula is C14H21Cl2N3O2. The third kappa shape index (κ3) is 3.73. The van der Waals surface area contributed by atoms with Crippen molar-refractivity contribution in [2.24, 2.45) is 5.73 Å². The molecule has 0 spiro atoms. The lowest BCUT2D eigenvalue weighted by molar-refractivity contribution is -0.133. The normalized spacial score (nSPS) is 19.3. The van der Waals surface area contributed by atoms with Crippen molar-refractivity contribution in [2.45, 2.75) is 18.4 Å². The second kappa shape index (κ2) is 6.73. The molecule has 3 rings (SSSR count). The number of amides is 1. The number of aromatic hydroxyl groups is 1. The average Bonchev–Trinajstić information content (AvgIpc) is 3.18. The fourth-order valence-electron chi connectivity index (χ4n) is 2.49. The van der Waals surface area contributed by atoms with Gasteiger partial charge in [-0.1, -0.05) is 0 Å². The smallest absolute Gasteiger partial charge is 0.242 e. The molecule has 1 heterocycles. The van der Waals surface area contributed by atoms with Gasteiger partial charge in [-0.15, -0.1) is 24.8 Å². The maximum Gasteiger partial charge on any atom is 0.242 e. The summed E-state index contributed by atoms with van der Waals surface area (Å²) in [7, 11) is 0. The van der Waals surface area contributed by atoms with Crippen molar-refractivity contribution in [2.75, 3.05) is 31.1 Å². The van der Waals surface area contributed by atoms with Gasteiger partial charge >= 0.3 is 0 Å². The Morgan fingerprint density at radius 1 is 1.05 bits per heavy atom. The predicted molar refractivity (Wildman–Crippen MR) is 87.5 cm³/mol. The number of phenols is 1. The summed E-state index contributed by atoms with van der Waals surface area (Å²) in [6.07, 6.45) is 1.65. The predicted octanol–water partition coefficient (Wildman–Crippen LogP) is 1.38. The Bertz CT molecular complexity index is 483. The Balaban J connectivity index is 0.00000110. The molecule has 118 valence electrons. The first-order valence-electron chi connectivity index (χ1n) is 6.71. The van der Waals surface area contributed by atoms with Crippen LogP contribution in [-0.2, 0) is 4.79 Å². The van der Waals surface area contributed by atoms with E-state index in [1.807, 2.05) is 17.0 Å². The summed E-state index contributed by atoms with van der Waals surface area (Å²) in [5, 5.41) is 9.28. The van der Waals surface area contributed by atoms with Crippen molar-refractivity contribution in [1.82, 2.24) is 4.90 Å². The van der Waals surface area contributed by atoms with E-state index >= 15 is 0 Å². The second-order valence-corrected chi connectivity index (χ2v) is 5.45. The van der Waals surface area contributed by atoms with Crippen LogP contribution in [0.1, 0.15) is 12.8 Å². The first kappa shape index (κ1) is 17.9. The highest BCUT2D eigenvalue weighted by atomic mass is 35.5. The average molecular weight is 334 g/mol. The van der Waals surface area contributed by atoms with Crippen LogP contribution in [0.15, 0.2) is 24.3 Å². The van der Waals surface area contributed by atoms with Crippen LogP contribution in [0.2, 0.25) is 0 Å². The number of hydrogen-bond donors (Lipinski definition) is 2. The Kier molecular flexibility index (Phi) is 5.73. The summed E-state index contributed by atoms with van der Waals surface area (Å²) in [6.45, 7) is 3.07. The van der Waals surface area contributed by atoms with Gasteiger partial charge in [0.2, 0.25) is 5.91 Å². The highest BCUT2D eigenvalue weighted by Gasteiger charge is 2.48. The topological polar surface area (TPSA) is 69.8 Å². The van der Waals surface area contributed by atoms with Crippen molar-refractivity contribution in [3.8, 4) is 5.75 Å². The number of nitrogens with two attached hydrogens (primary N) is 1. The molecule has 0 unspecified atom stereocenters. The Labute approximate surface area is 136 Å². The van der Waals surface area contributed by atoms with E-state index in [0.29, 0.717) is 0 Å². The molecule has 1 saturated heterocycles. The van der Waals surface area contributed by atoms with E-state index in [9.17, 15) is 9.90 Å². The van der Waals surface area contributed by atoms with E-state index in [-0.39, 0.29) is 36.5 Å². The zero-order chi connectivity index (χ0) is 13.5. The molecule has 1 aromatic rings. The SMILES string of the molecule is Cl.Cl.NC1(C(=O)N2CCN(c3ccc(O)cc3)CC2)CC1. The molecular weight excluding hydrogens is 313 g/mol. The molecule has 1 aliphatic carbocycles. The van der Waals surface area contributed by atoms with E-state index in [1.165, 1.54) is 0 Å². The maximum absolute atomic E-state index is 12.1. The Hall–Kier alpha value is -1.17. The first-order chi connectivity index (χ1) is 9.08. The number of hydrogen-bond acceptors (Lipinski definition) is 4. The zero-order valence-corrected chi connectivity index (χ0v) is 13.3. The van der Waals surface area contributed by atoms with Gasteiger partial charge in [-0.3, -0.25) is 4.79 Å². The van der Waals surface area contributed by atoms with Crippen molar-refractivity contribution >= 4 is 36.4 Å². The molecule has 3 N–H and O–H groups in total. The van der Waals surface area contributed by atoms with Crippen LogP contribution in [0.25, 0.3) is 0 Å². The number of rotatable bonds is 2. The lowest BCUT2D eigenvalue weighted by Gasteiger charge is -2.37. The van der Waals surface area contributed by atoms with Crippen LogP contribution in [0.3, 0.4) is 0 Å². The molecule has 7 heteroatoms. The van der Waals surface area contributed by atoms with Gasteiger partial charge in [0.25, 0.3) is 0 Å². The van der Waals surface area contributed by atoms with E-state index < -0.39 is 5.54 Å². The molecule has 1 saturated carbocycles. The molecule has 0 aromatic heterocycles. The minimum absolute atomic E-state index is 0. The molecule has 2 fully saturated rings. The highest BCUT2D eigenvalue weighted by Crippen LogP contribution is 2.34. The van der Waals surface area contributed by atoms with Gasteiger partial charge in [-0.05, 0) is 37.1 Å². The molecule has 0 bridgehead atoms. The van der Waals surface area contributed by atoms with Crippen LogP contribution < -0.4 is 10.6 Å². The molecule has 1 amide bonds. The zero-order valence-electron chi connectivity index (χ0n) is 11.7. The number of piperazine rings is 1. The van der Waals surface area contributed by atoms with E-state index in [0.717, 1.165) is 44.7 Å². The molecule has 5 nitrogen and oxygen atoms in total. The van der Waals surface area contributed by atoms with Crippen molar-refractivity contribution in [3.63, 3.8) is 0 Å². The van der Waals surface area contributed by atoms with Gasteiger partial charge in [-0.2, -0.15) is 0 Å². The van der Waals surface area contributed by atoms with Crippen molar-refractivity contribution < 1.29 is 9.90 Å². The lowest BCUT2D eigenvalue weighted by atomic mass is 10.2. The third-order valence-electron chi connectivity index (χ3n) is 4.00. The lowest BCUT2D eigenvalue weighted by Crippen LogP contribution is -2.54. The van der Waals surface area contributed by atoms with Crippen LogP contribution in [0.4, 0.5) is 5.69 Å². The summed E-state index contributed by atoms with van der Waals surface area (Å²) in [4.78, 5) is 16.2. The number of halogens is 2. The molecule has 2 aliphatic rings. The third-order valence-corrected chi connectivity index (χ3v) is 4.00. The van der Waals surface area contributed by atoms with Crippen LogP contribution in [0.5, 0.6) is 5.75 Å². The molecule has 1 aromatic carbocycles. The maximum atomic E-state index is 12.1. The molecule has 0 atom stereocenters. The molecule has 0 radical (unpaired) electrons. The Morgan fingerprint density at radius 2 is 1.57 bits per heavy atom. The van der Waals surface area contributed by atoms with Crippen LogP contribution in [0, 0.1) is 0 Å². The number of nitrogens with zero attached hydrogens (tertiary/aromatic N) is 2. The standard InChI is InChI=1S/C14H19N3O2.2ClH/c15-14(5-6-14)13(19)17-9-7-16(8-10-17)11-1-3-12(18)4-2-11;;/h1-4,18H,5-10,15H2;2*1H. The van der Waals surface area contributed by atoms with Gasteiger partial charge in [0, 0.05) is 31.9 Å². The number of anilines is 1. The van der Waals surface area contributed by atoms with Crippen LogP contribution in [-0.4, -0.2) is 47.6 Å². The first-order valence-corrected chi connectivity index (χ1v) is 6.71. The molecule has 1 aliphatic heterocycles. The summed E-state index contributed by atoms with van der Waals surface area (Å²) < 4.78 is 0. The number of carbonyl (C=O) groups is 1. The van der Waals surface area contributed by atoms with E-state index in [4.69, 9.17) is 5.73 Å². The quantitative estimate of drug-likeness (QED) is 0.857. The van der Waals surface area contributed by atoms with Gasteiger partial charge < -0.3 is 20.6 Å². The Morgan fingerprint density at radius 3 is 2.05 bits per heavy atom. The van der Waals surface area contributed by atoms with E-state index in [1.54, 1.807) is 12.1 Å². The minimum atomic E-state index is -0.555. The van der Waals surface area contributed by atoms with E-state index in [2.05, 4.69) is 4.90 Å². The van der Waals surface area contributed by atoms with Gasteiger partial charge in [0.15, 0.2) is 0 Å². The fourth-order valence-corrected chi connectivity index (χ4v) is 2.49. The number of phenolic OH excluding ortho intramolecular Hbond substituents is 1. The van der Waals surface area contributed by atoms with Gasteiger partial charge in [0.1, 0.15) is 5.75 Å². The minimum Gasteiger partial charge on any atom is -0.508 e. The molecule has 21 heavy (non-hydrogen) atoms. The monoisotopic (exact) mass is 333 g/mol. The largest absolute Gasteiger partial charge is 0.508 e.